The number of aliphatic hydroxyl groups excluding tert-OH is 1. The third-order valence-corrected chi connectivity index (χ3v) is 11.2. The van der Waals surface area contributed by atoms with Gasteiger partial charge in [-0.3, -0.25) is 9.05 Å². The Morgan fingerprint density at radius 2 is 0.868 bits per heavy atom. The summed E-state index contributed by atoms with van der Waals surface area (Å²) in [5.74, 6) is 0. The number of hydrogen-bond donors (Lipinski definition) is 2. The Hall–Kier alpha value is -0.0900. The molecular formula is C43H91NO8P+. The lowest BCUT2D eigenvalue weighted by Gasteiger charge is -2.29. The van der Waals surface area contributed by atoms with Crippen molar-refractivity contribution in [2.24, 2.45) is 0 Å². The Balaban J connectivity index is 4.29. The van der Waals surface area contributed by atoms with Crippen molar-refractivity contribution in [1.82, 2.24) is 0 Å². The zero-order valence-corrected chi connectivity index (χ0v) is 36.6. The van der Waals surface area contributed by atoms with E-state index < -0.39 is 13.9 Å². The Kier molecular flexibility index (Phi) is 40.1. The molecule has 2 N–H and O–H groups in total. The van der Waals surface area contributed by atoms with Gasteiger partial charge in [0.25, 0.3) is 0 Å². The van der Waals surface area contributed by atoms with E-state index in [1.165, 1.54) is 161 Å². The van der Waals surface area contributed by atoms with Crippen LogP contribution < -0.4 is 0 Å². The van der Waals surface area contributed by atoms with Gasteiger partial charge in [-0.05, 0) is 12.8 Å². The second kappa shape index (κ2) is 40.1. The number of hydrogen-bond acceptors (Lipinski definition) is 7. The molecule has 0 aliphatic carbocycles. The number of likely N-dealkylation sites (N-methyl/N-ethyl adjacent to an activating group) is 1. The lowest BCUT2D eigenvalue weighted by Crippen LogP contribution is -2.44. The molecule has 0 bridgehead atoms. The minimum Gasteiger partial charge on any atom is -0.394 e. The van der Waals surface area contributed by atoms with Gasteiger partial charge in [-0.2, -0.15) is 0 Å². The van der Waals surface area contributed by atoms with E-state index in [1.54, 1.807) is 0 Å². The summed E-state index contributed by atoms with van der Waals surface area (Å²) in [6.45, 7) is 8.22. The second-order valence-electron chi connectivity index (χ2n) is 16.1. The van der Waals surface area contributed by atoms with Crippen LogP contribution in [0.4, 0.5) is 0 Å². The molecule has 0 spiro atoms. The molecule has 0 aromatic heterocycles. The van der Waals surface area contributed by atoms with Gasteiger partial charge in [-0.25, -0.2) is 4.57 Å². The van der Waals surface area contributed by atoms with Crippen molar-refractivity contribution in [2.45, 2.75) is 200 Å². The van der Waals surface area contributed by atoms with Crippen LogP contribution in [0.5, 0.6) is 0 Å². The highest BCUT2D eigenvalue weighted by molar-refractivity contribution is 7.47. The predicted molar refractivity (Wildman–Crippen MR) is 223 cm³/mol. The van der Waals surface area contributed by atoms with Gasteiger partial charge in [0.2, 0.25) is 0 Å². The van der Waals surface area contributed by atoms with E-state index in [-0.39, 0.29) is 19.8 Å². The average molecular weight is 781 g/mol. The van der Waals surface area contributed by atoms with Crippen LogP contribution >= 0.6 is 7.82 Å². The van der Waals surface area contributed by atoms with Gasteiger partial charge in [0.15, 0.2) is 0 Å². The first-order chi connectivity index (χ1) is 25.8. The van der Waals surface area contributed by atoms with E-state index in [9.17, 15) is 9.46 Å². The van der Waals surface area contributed by atoms with Gasteiger partial charge in [-0.1, -0.05) is 181 Å². The predicted octanol–water partition coefficient (Wildman–Crippen LogP) is 11.6. The highest BCUT2D eigenvalue weighted by atomic mass is 31.2. The van der Waals surface area contributed by atoms with Gasteiger partial charge < -0.3 is 28.7 Å². The van der Waals surface area contributed by atoms with E-state index in [0.29, 0.717) is 50.6 Å². The molecule has 0 rings (SSSR count). The molecule has 1 unspecified atom stereocenters. The Morgan fingerprint density at radius 3 is 1.30 bits per heavy atom. The molecule has 0 radical (unpaired) electrons. The number of phosphoric ester groups is 1. The molecule has 0 heterocycles. The SMILES string of the molecule is CCCCCCCCCCCCCCCCOC[C@@H](COP(=O)(O)OCC[N+](C)(C)CCOCCO)OCCCCCCCCCCCCCCCC. The molecule has 10 heteroatoms. The molecule has 0 amide bonds. The van der Waals surface area contributed by atoms with Gasteiger partial charge >= 0.3 is 7.82 Å². The summed E-state index contributed by atoms with van der Waals surface area (Å²) in [6.07, 6.45) is 36.5. The first-order valence-corrected chi connectivity index (χ1v) is 24.1. The topological polar surface area (TPSA) is 104 Å². The van der Waals surface area contributed by atoms with E-state index in [2.05, 4.69) is 13.8 Å². The number of rotatable bonds is 45. The number of quaternary nitrogens is 1. The molecular weight excluding hydrogens is 689 g/mol. The Labute approximate surface area is 329 Å². The number of unbranched alkanes of at least 4 members (excludes halogenated alkanes) is 26. The Bertz CT molecular complexity index is 775. The zero-order valence-electron chi connectivity index (χ0n) is 35.7. The van der Waals surface area contributed by atoms with E-state index in [1.807, 2.05) is 14.1 Å². The zero-order chi connectivity index (χ0) is 39.0. The van der Waals surface area contributed by atoms with E-state index in [4.69, 9.17) is 28.4 Å². The maximum atomic E-state index is 12.7. The van der Waals surface area contributed by atoms with E-state index in [0.717, 1.165) is 19.3 Å². The third kappa shape index (κ3) is 41.4. The molecule has 2 atom stereocenters. The molecule has 0 aromatic rings. The maximum absolute atomic E-state index is 12.7. The minimum atomic E-state index is -4.23. The van der Waals surface area contributed by atoms with Gasteiger partial charge in [-0.15, -0.1) is 0 Å². The molecule has 0 fully saturated rings. The second-order valence-corrected chi connectivity index (χ2v) is 17.5. The van der Waals surface area contributed by atoms with Crippen molar-refractivity contribution < 1.29 is 42.3 Å². The minimum absolute atomic E-state index is 0.00373. The fourth-order valence-corrected chi connectivity index (χ4v) is 7.25. The highest BCUT2D eigenvalue weighted by Crippen LogP contribution is 2.43. The number of aliphatic hydroxyl groups is 1. The average Bonchev–Trinajstić information content (AvgIpc) is 3.13. The summed E-state index contributed by atoms with van der Waals surface area (Å²) in [6, 6.07) is 0. The van der Waals surface area contributed by atoms with Crippen LogP contribution in [0.25, 0.3) is 0 Å². The van der Waals surface area contributed by atoms with Crippen molar-refractivity contribution in [3.8, 4) is 0 Å². The smallest absolute Gasteiger partial charge is 0.394 e. The van der Waals surface area contributed by atoms with Gasteiger partial charge in [0.1, 0.15) is 25.8 Å². The highest BCUT2D eigenvalue weighted by Gasteiger charge is 2.26. The number of nitrogens with zero attached hydrogens (tertiary/aromatic N) is 1. The van der Waals surface area contributed by atoms with Crippen molar-refractivity contribution in [1.29, 1.82) is 0 Å². The van der Waals surface area contributed by atoms with Crippen molar-refractivity contribution >= 4 is 7.82 Å². The van der Waals surface area contributed by atoms with Crippen LogP contribution in [0.1, 0.15) is 194 Å². The van der Waals surface area contributed by atoms with Crippen molar-refractivity contribution in [2.75, 3.05) is 80.0 Å². The molecule has 53 heavy (non-hydrogen) atoms. The van der Waals surface area contributed by atoms with E-state index >= 15 is 0 Å². The normalized spacial score (nSPS) is 13.8. The van der Waals surface area contributed by atoms with Crippen LogP contribution in [0.3, 0.4) is 0 Å². The number of phosphoric acid groups is 1. The summed E-state index contributed by atoms with van der Waals surface area (Å²) in [4.78, 5) is 10.4. The number of ether oxygens (including phenoxy) is 3. The first-order valence-electron chi connectivity index (χ1n) is 22.6. The van der Waals surface area contributed by atoms with Crippen LogP contribution in [-0.2, 0) is 27.8 Å². The molecule has 9 nitrogen and oxygen atoms in total. The largest absolute Gasteiger partial charge is 0.472 e. The summed E-state index contributed by atoms with van der Waals surface area (Å²) in [5, 5.41) is 8.88. The standard InChI is InChI=1S/C43H90NO8P/c1-5-7-9-11-13-15-17-19-21-23-25-27-29-31-36-49-41-43(42-52-53(46,47)51-39-34-44(3,4)33-38-48-40-35-45)50-37-32-30-28-26-24-22-20-18-16-14-12-10-8-6-2/h43,45H,5-42H2,1-4H3/p+1/t43-/m0/s1. The quantitative estimate of drug-likeness (QED) is 0.0358. The lowest BCUT2D eigenvalue weighted by atomic mass is 10.0. The van der Waals surface area contributed by atoms with Gasteiger partial charge in [0, 0.05) is 13.2 Å². The van der Waals surface area contributed by atoms with Gasteiger partial charge in [0.05, 0.1) is 47.1 Å². The summed E-state index contributed by atoms with van der Waals surface area (Å²) < 4.78 is 41.4. The molecule has 0 aromatic carbocycles. The monoisotopic (exact) mass is 781 g/mol. The maximum Gasteiger partial charge on any atom is 0.472 e. The van der Waals surface area contributed by atoms with Crippen LogP contribution in [-0.4, -0.2) is 101 Å². The summed E-state index contributed by atoms with van der Waals surface area (Å²) >= 11 is 0. The van der Waals surface area contributed by atoms with Crippen LogP contribution in [0.2, 0.25) is 0 Å². The lowest BCUT2D eigenvalue weighted by molar-refractivity contribution is -0.890. The fraction of sp³-hybridized carbons (Fsp3) is 1.00. The molecule has 0 aliphatic rings. The summed E-state index contributed by atoms with van der Waals surface area (Å²) in [5.41, 5.74) is 0. The fourth-order valence-electron chi connectivity index (χ4n) is 6.51. The van der Waals surface area contributed by atoms with Crippen molar-refractivity contribution in [3.05, 3.63) is 0 Å². The summed E-state index contributed by atoms with van der Waals surface area (Å²) in [7, 11) is -0.219. The third-order valence-electron chi connectivity index (χ3n) is 10.2. The van der Waals surface area contributed by atoms with Crippen LogP contribution in [0, 0.1) is 0 Å². The van der Waals surface area contributed by atoms with Crippen molar-refractivity contribution in [3.63, 3.8) is 0 Å². The molecule has 0 saturated heterocycles. The Morgan fingerprint density at radius 1 is 0.472 bits per heavy atom. The molecule has 320 valence electrons. The van der Waals surface area contributed by atoms with Crippen LogP contribution in [0.15, 0.2) is 0 Å². The molecule has 0 aliphatic heterocycles. The first kappa shape index (κ1) is 52.9. The molecule has 0 saturated carbocycles.